The van der Waals surface area contributed by atoms with Gasteiger partial charge in [0.05, 0.1) is 160 Å². The summed E-state index contributed by atoms with van der Waals surface area (Å²) >= 11 is 1.53. The van der Waals surface area contributed by atoms with Crippen LogP contribution < -0.4 is 29.2 Å². The van der Waals surface area contributed by atoms with Crippen LogP contribution in [0.5, 0.6) is 11.5 Å². The minimum absolute atomic E-state index is 0.00917. The standard InChI is InChI=1S/C23H17F3N2.C22H13F3N2.C21H13F3N2.C20H11F3N2O.C20H11F3N2S/c1-22(2)16-7-3-5-9-19(16)28(20-10-6-4-8-17(20)22)21-12-11-15(14-27)13-18(21)23(24,25)26;23-22(24,25)18-13-15(14-26)9-12-21(18)27-19-7-3-1-5-16(19)10-11-17-6-2-4-8-20(17)27;22-21(23,24)17-11-14(13-25)9-10-20(17)26-18-7-3-1-5-15(18)12-16-6-2-4-8-19(16)26;2*21-20(22,23)14-11-13(12-24)9-10-15(14)25-16-5-1-3-7-18(16)26-19-8-4-2-6-17(19)25/h3-13H,1-2H3;1-13H;1-11H,12H2;2*1-11H. The van der Waals surface area contributed by atoms with Gasteiger partial charge in [0, 0.05) is 33.0 Å². The molecule has 0 amide bonds. The van der Waals surface area contributed by atoms with E-state index in [1.165, 1.54) is 77.3 Å². The van der Waals surface area contributed by atoms with Crippen LogP contribution in [-0.4, -0.2) is 0 Å². The van der Waals surface area contributed by atoms with Crippen molar-refractivity contribution in [3.05, 3.63) is 423 Å². The lowest BCUT2D eigenvalue weighted by Gasteiger charge is -2.42. The fourth-order valence-corrected chi connectivity index (χ4v) is 17.6. The highest BCUT2D eigenvalue weighted by Gasteiger charge is 2.45. The second kappa shape index (κ2) is 36.3. The first-order chi connectivity index (χ1) is 63.7. The van der Waals surface area contributed by atoms with Gasteiger partial charge in [-0.15, -0.1) is 0 Å². The molecule has 20 rings (SSSR count). The highest BCUT2D eigenvalue weighted by molar-refractivity contribution is 7.99. The molecule has 15 aromatic rings. The number of halogens is 15. The topological polar surface area (TPSA) is 144 Å². The summed E-state index contributed by atoms with van der Waals surface area (Å²) in [6.45, 7) is 4.15. The predicted molar refractivity (Wildman–Crippen MR) is 482 cm³/mol. The van der Waals surface area contributed by atoms with Gasteiger partial charge in [-0.1, -0.05) is 195 Å². The molecule has 0 atom stereocenters. The highest BCUT2D eigenvalue weighted by Crippen LogP contribution is 2.59. The minimum Gasteiger partial charge on any atom is -0.453 e. The van der Waals surface area contributed by atoms with E-state index in [9.17, 15) is 65.9 Å². The van der Waals surface area contributed by atoms with Crippen molar-refractivity contribution >= 4 is 109 Å². The molecule has 0 spiro atoms. The number of para-hydroxylation sites is 12. The molecule has 27 heteroatoms. The van der Waals surface area contributed by atoms with Crippen LogP contribution in [0.1, 0.15) is 103 Å². The number of ether oxygens (including phenoxy) is 1. The molecule has 5 aliphatic heterocycles. The lowest BCUT2D eigenvalue weighted by Crippen LogP contribution is -2.31. The average molecular weight is 1810 g/mol. The molecular formula is C106H65F15N10OS. The normalized spacial score (nSPS) is 13.2. The van der Waals surface area contributed by atoms with Gasteiger partial charge in [-0.2, -0.15) is 92.2 Å². The maximum atomic E-state index is 13.9. The van der Waals surface area contributed by atoms with Gasteiger partial charge in [0.25, 0.3) is 0 Å². The first kappa shape index (κ1) is 90.0. The van der Waals surface area contributed by atoms with Crippen LogP contribution in [0.3, 0.4) is 0 Å². The fraction of sp³-hybridized carbons (Fsp3) is 0.0849. The monoisotopic (exact) mass is 1810 g/mol. The van der Waals surface area contributed by atoms with E-state index in [0.29, 0.717) is 63.4 Å². The minimum atomic E-state index is -4.61. The number of anilines is 15. The molecule has 656 valence electrons. The van der Waals surface area contributed by atoms with Crippen LogP contribution >= 0.6 is 11.8 Å². The molecule has 15 aromatic carbocycles. The molecule has 0 aliphatic carbocycles. The number of hydrogen-bond donors (Lipinski definition) is 0. The molecule has 0 radical (unpaired) electrons. The van der Waals surface area contributed by atoms with Crippen LogP contribution in [0.15, 0.2) is 343 Å². The predicted octanol–water partition coefficient (Wildman–Crippen LogP) is 31.8. The van der Waals surface area contributed by atoms with E-state index in [4.69, 9.17) is 31.0 Å². The molecule has 0 unspecified atom stereocenters. The average Bonchev–Trinajstić information content (AvgIpc) is 1.13. The van der Waals surface area contributed by atoms with Crippen molar-refractivity contribution in [2.24, 2.45) is 0 Å². The Hall–Kier alpha value is -16.4. The number of fused-ring (bicyclic) bond motifs is 10. The van der Waals surface area contributed by atoms with Gasteiger partial charge in [-0.3, -0.25) is 0 Å². The molecule has 0 fully saturated rings. The fourth-order valence-electron chi connectivity index (χ4n) is 16.6. The zero-order chi connectivity index (χ0) is 94.1. The molecule has 0 aromatic heterocycles. The molecule has 5 aliphatic rings. The van der Waals surface area contributed by atoms with Gasteiger partial charge in [-0.25, -0.2) is 0 Å². The summed E-state index contributed by atoms with van der Waals surface area (Å²) < 4.78 is 212. The summed E-state index contributed by atoms with van der Waals surface area (Å²) in [5.41, 5.74) is 7.31. The summed E-state index contributed by atoms with van der Waals surface area (Å²) in [6.07, 6.45) is -18.5. The summed E-state index contributed by atoms with van der Waals surface area (Å²) in [7, 11) is 0. The Morgan fingerprint density at radius 1 is 0.256 bits per heavy atom. The van der Waals surface area contributed by atoms with E-state index >= 15 is 0 Å². The maximum Gasteiger partial charge on any atom is 0.418 e. The first-order valence-electron chi connectivity index (χ1n) is 40.7. The summed E-state index contributed by atoms with van der Waals surface area (Å²) in [5.74, 6) is 0.923. The molecular weight excluding hydrogens is 1750 g/mol. The van der Waals surface area contributed by atoms with Crippen LogP contribution in [0.2, 0.25) is 0 Å². The summed E-state index contributed by atoms with van der Waals surface area (Å²) in [5, 5.41) is 45.1. The molecule has 0 saturated heterocycles. The number of nitriles is 5. The lowest BCUT2D eigenvalue weighted by atomic mass is 9.73. The van der Waals surface area contributed by atoms with Crippen molar-refractivity contribution in [2.45, 2.75) is 66.4 Å². The molecule has 11 nitrogen and oxygen atoms in total. The van der Waals surface area contributed by atoms with Gasteiger partial charge in [0.1, 0.15) is 0 Å². The largest absolute Gasteiger partial charge is 0.453 e. The van der Waals surface area contributed by atoms with Crippen molar-refractivity contribution in [1.29, 1.82) is 26.3 Å². The van der Waals surface area contributed by atoms with Crippen molar-refractivity contribution in [1.82, 2.24) is 0 Å². The number of nitrogens with zero attached hydrogens (tertiary/aromatic N) is 10. The van der Waals surface area contributed by atoms with E-state index < -0.39 is 58.7 Å². The molecule has 5 heterocycles. The molecule has 0 N–H and O–H groups in total. The highest BCUT2D eigenvalue weighted by atomic mass is 32.2. The van der Waals surface area contributed by atoms with Gasteiger partial charge in [0.2, 0.25) is 0 Å². The van der Waals surface area contributed by atoms with Crippen molar-refractivity contribution in [3.63, 3.8) is 0 Å². The zero-order valence-electron chi connectivity index (χ0n) is 69.6. The maximum absolute atomic E-state index is 13.9. The van der Waals surface area contributed by atoms with E-state index in [0.717, 1.165) is 84.9 Å². The van der Waals surface area contributed by atoms with Gasteiger partial charge >= 0.3 is 30.9 Å². The summed E-state index contributed by atoms with van der Waals surface area (Å²) in [6, 6.07) is 100. The van der Waals surface area contributed by atoms with Gasteiger partial charge in [0.15, 0.2) is 11.5 Å². The smallest absolute Gasteiger partial charge is 0.418 e. The van der Waals surface area contributed by atoms with E-state index in [1.807, 2.05) is 158 Å². The van der Waals surface area contributed by atoms with Crippen LogP contribution in [0.25, 0.3) is 12.2 Å². The molecule has 0 bridgehead atoms. The Labute approximate surface area is 757 Å². The van der Waals surface area contributed by atoms with Crippen LogP contribution in [-0.2, 0) is 42.7 Å². The Bertz CT molecular complexity index is 6670. The second-order valence-electron chi connectivity index (χ2n) is 31.0. The van der Waals surface area contributed by atoms with E-state index in [2.05, 4.69) is 13.8 Å². The third kappa shape index (κ3) is 18.0. The first-order valence-corrected chi connectivity index (χ1v) is 41.5. The number of hydrogen-bond acceptors (Lipinski definition) is 12. The van der Waals surface area contributed by atoms with Crippen molar-refractivity contribution in [2.75, 3.05) is 24.5 Å². The number of benzene rings is 15. The van der Waals surface area contributed by atoms with Gasteiger partial charge < -0.3 is 29.2 Å². The summed E-state index contributed by atoms with van der Waals surface area (Å²) in [4.78, 5) is 9.78. The van der Waals surface area contributed by atoms with Crippen LogP contribution in [0.4, 0.5) is 151 Å². The quantitative estimate of drug-likeness (QED) is 0.151. The Morgan fingerprint density at radius 3 is 0.805 bits per heavy atom. The zero-order valence-corrected chi connectivity index (χ0v) is 70.4. The Balaban J connectivity index is 0.000000121. The van der Waals surface area contributed by atoms with E-state index in [-0.39, 0.29) is 61.7 Å². The number of alkyl halides is 15. The third-order valence-electron chi connectivity index (χ3n) is 22.5. The molecule has 0 saturated carbocycles. The third-order valence-corrected chi connectivity index (χ3v) is 23.6. The van der Waals surface area contributed by atoms with E-state index in [1.54, 1.807) is 147 Å². The molecule has 133 heavy (non-hydrogen) atoms. The Morgan fingerprint density at radius 2 is 0.489 bits per heavy atom. The Kier molecular flexibility index (Phi) is 24.5. The van der Waals surface area contributed by atoms with Crippen molar-refractivity contribution < 1.29 is 70.6 Å². The van der Waals surface area contributed by atoms with Gasteiger partial charge in [-0.05, 0) is 209 Å². The van der Waals surface area contributed by atoms with Crippen molar-refractivity contribution in [3.8, 4) is 41.8 Å². The number of rotatable bonds is 5. The van der Waals surface area contributed by atoms with Crippen LogP contribution in [0, 0.1) is 56.7 Å². The lowest BCUT2D eigenvalue weighted by molar-refractivity contribution is -0.137. The SMILES string of the molecule is CC1(C)c2ccccc2N(c2ccc(C#N)cc2C(F)(F)F)c2ccccc21.N#Cc1ccc(N2c3ccccc3C=Cc3ccccc32)c(C(F)(F)F)c1.N#Cc1ccc(N2c3ccccc3Cc3ccccc32)c(C(F)(F)F)c1.N#Cc1ccc(N2c3ccccc3Oc3ccccc32)c(C(F)(F)F)c1.N#Cc1ccc(N2c3ccccc3Sc3ccccc32)c(C(F)(F)F)c1. The second-order valence-corrected chi connectivity index (χ2v) is 32.1.